The maximum atomic E-state index is 13.1. The molecular weight excluding hydrogens is 408 g/mol. The third-order valence-corrected chi connectivity index (χ3v) is 6.86. The van der Waals surface area contributed by atoms with E-state index in [9.17, 15) is 4.79 Å². The highest BCUT2D eigenvalue weighted by atomic mass is 32.1. The summed E-state index contributed by atoms with van der Waals surface area (Å²) in [6, 6.07) is 16.2. The lowest BCUT2D eigenvalue weighted by atomic mass is 10.0. The average molecular weight is 433 g/mol. The summed E-state index contributed by atoms with van der Waals surface area (Å²) in [6.45, 7) is 1.56. The van der Waals surface area contributed by atoms with Gasteiger partial charge in [-0.2, -0.15) is 0 Å². The summed E-state index contributed by atoms with van der Waals surface area (Å²) in [6.07, 6.45) is 2.00. The number of nitrogens with zero attached hydrogens (tertiary/aromatic N) is 4. The molecule has 0 atom stereocenters. The number of likely N-dealkylation sites (tertiary alicyclic amines) is 1. The SMILES string of the molecule is CN(C)C1CCN(C(=O)c2ccc3onc(-c4csc(-c5ccccc5)n4)c3c2)CC1. The Morgan fingerprint density at radius 2 is 1.90 bits per heavy atom. The second-order valence-electron chi connectivity index (χ2n) is 8.13. The number of piperidine rings is 1. The van der Waals surface area contributed by atoms with Crippen LogP contribution in [-0.4, -0.2) is 59.1 Å². The molecule has 5 rings (SSSR count). The van der Waals surface area contributed by atoms with Gasteiger partial charge in [0.2, 0.25) is 0 Å². The molecule has 7 heteroatoms. The van der Waals surface area contributed by atoms with Crippen LogP contribution in [0.3, 0.4) is 0 Å². The van der Waals surface area contributed by atoms with E-state index >= 15 is 0 Å². The molecule has 0 aliphatic carbocycles. The van der Waals surface area contributed by atoms with E-state index in [2.05, 4.69) is 24.2 Å². The zero-order chi connectivity index (χ0) is 21.4. The highest BCUT2D eigenvalue weighted by molar-refractivity contribution is 7.13. The normalized spacial score (nSPS) is 15.1. The van der Waals surface area contributed by atoms with Crippen LogP contribution < -0.4 is 0 Å². The molecule has 0 saturated carbocycles. The summed E-state index contributed by atoms with van der Waals surface area (Å²) >= 11 is 1.57. The number of rotatable bonds is 4. The zero-order valence-corrected chi connectivity index (χ0v) is 18.4. The lowest BCUT2D eigenvalue weighted by Gasteiger charge is -2.35. The number of thiazole rings is 1. The zero-order valence-electron chi connectivity index (χ0n) is 17.6. The highest BCUT2D eigenvalue weighted by Crippen LogP contribution is 2.33. The van der Waals surface area contributed by atoms with Crippen LogP contribution in [0.25, 0.3) is 32.9 Å². The molecule has 1 aliphatic rings. The number of carbonyl (C=O) groups excluding carboxylic acids is 1. The number of fused-ring (bicyclic) bond motifs is 1. The van der Waals surface area contributed by atoms with Gasteiger partial charge in [-0.3, -0.25) is 4.79 Å². The van der Waals surface area contributed by atoms with E-state index in [0.717, 1.165) is 47.6 Å². The van der Waals surface area contributed by atoms with Crippen LogP contribution >= 0.6 is 11.3 Å². The summed E-state index contributed by atoms with van der Waals surface area (Å²) in [5.74, 6) is 0.0644. The molecule has 1 fully saturated rings. The van der Waals surface area contributed by atoms with Gasteiger partial charge < -0.3 is 14.3 Å². The number of hydrogen-bond acceptors (Lipinski definition) is 6. The van der Waals surface area contributed by atoms with Gasteiger partial charge in [0.25, 0.3) is 5.91 Å². The van der Waals surface area contributed by atoms with Crippen molar-refractivity contribution in [3.63, 3.8) is 0 Å². The second kappa shape index (κ2) is 8.24. The van der Waals surface area contributed by atoms with Gasteiger partial charge in [0, 0.05) is 35.6 Å². The van der Waals surface area contributed by atoms with E-state index in [1.807, 2.05) is 58.8 Å². The fraction of sp³-hybridized carbons (Fsp3) is 0.292. The minimum absolute atomic E-state index is 0.0644. The molecule has 0 spiro atoms. The smallest absolute Gasteiger partial charge is 0.253 e. The largest absolute Gasteiger partial charge is 0.356 e. The number of hydrogen-bond donors (Lipinski definition) is 0. The van der Waals surface area contributed by atoms with Crippen molar-refractivity contribution in [1.82, 2.24) is 19.9 Å². The van der Waals surface area contributed by atoms with Crippen LogP contribution in [0, 0.1) is 0 Å². The molecule has 2 aromatic heterocycles. The maximum Gasteiger partial charge on any atom is 0.253 e. The van der Waals surface area contributed by atoms with Crippen molar-refractivity contribution in [2.75, 3.05) is 27.2 Å². The van der Waals surface area contributed by atoms with E-state index in [1.165, 1.54) is 0 Å². The first kappa shape index (κ1) is 19.9. The molecule has 0 radical (unpaired) electrons. The Labute approximate surface area is 185 Å². The fourth-order valence-electron chi connectivity index (χ4n) is 4.12. The first-order valence-electron chi connectivity index (χ1n) is 10.5. The predicted molar refractivity (Wildman–Crippen MR) is 123 cm³/mol. The fourth-order valence-corrected chi connectivity index (χ4v) is 4.93. The first-order valence-corrected chi connectivity index (χ1v) is 11.3. The van der Waals surface area contributed by atoms with Crippen molar-refractivity contribution in [2.45, 2.75) is 18.9 Å². The predicted octanol–water partition coefficient (Wildman–Crippen LogP) is 4.78. The van der Waals surface area contributed by atoms with Crippen molar-refractivity contribution in [3.8, 4) is 22.0 Å². The van der Waals surface area contributed by atoms with Gasteiger partial charge in [-0.05, 0) is 45.1 Å². The quantitative estimate of drug-likeness (QED) is 0.464. The Morgan fingerprint density at radius 3 is 2.65 bits per heavy atom. The molecule has 4 aromatic rings. The number of benzene rings is 2. The minimum atomic E-state index is 0.0644. The molecule has 2 aromatic carbocycles. The van der Waals surface area contributed by atoms with Crippen LogP contribution in [0.2, 0.25) is 0 Å². The summed E-state index contributed by atoms with van der Waals surface area (Å²) < 4.78 is 5.52. The van der Waals surface area contributed by atoms with E-state index in [1.54, 1.807) is 11.3 Å². The van der Waals surface area contributed by atoms with E-state index in [0.29, 0.717) is 22.9 Å². The topological polar surface area (TPSA) is 62.5 Å². The maximum absolute atomic E-state index is 13.1. The lowest BCUT2D eigenvalue weighted by molar-refractivity contribution is 0.0663. The molecular formula is C24H24N4O2S. The van der Waals surface area contributed by atoms with Gasteiger partial charge in [0.05, 0.1) is 5.39 Å². The summed E-state index contributed by atoms with van der Waals surface area (Å²) in [5.41, 5.74) is 3.84. The molecule has 1 aliphatic heterocycles. The third kappa shape index (κ3) is 3.86. The summed E-state index contributed by atoms with van der Waals surface area (Å²) in [4.78, 5) is 22.1. The number of amides is 1. The number of carbonyl (C=O) groups is 1. The van der Waals surface area contributed by atoms with Crippen LogP contribution in [0.5, 0.6) is 0 Å². The van der Waals surface area contributed by atoms with Crippen molar-refractivity contribution >= 4 is 28.2 Å². The van der Waals surface area contributed by atoms with Gasteiger partial charge in [0.1, 0.15) is 16.4 Å². The van der Waals surface area contributed by atoms with Crippen LogP contribution in [0.4, 0.5) is 0 Å². The highest BCUT2D eigenvalue weighted by Gasteiger charge is 2.25. The van der Waals surface area contributed by atoms with Crippen molar-refractivity contribution < 1.29 is 9.32 Å². The third-order valence-electron chi connectivity index (χ3n) is 5.97. The molecule has 0 N–H and O–H groups in total. The Balaban J connectivity index is 1.42. The molecule has 3 heterocycles. The van der Waals surface area contributed by atoms with Crippen molar-refractivity contribution in [2.24, 2.45) is 0 Å². The molecule has 1 saturated heterocycles. The van der Waals surface area contributed by atoms with Gasteiger partial charge >= 0.3 is 0 Å². The minimum Gasteiger partial charge on any atom is -0.356 e. The average Bonchev–Trinajstić information content (AvgIpc) is 3.46. The Morgan fingerprint density at radius 1 is 1.13 bits per heavy atom. The van der Waals surface area contributed by atoms with Gasteiger partial charge in [-0.1, -0.05) is 35.5 Å². The second-order valence-corrected chi connectivity index (χ2v) is 8.99. The molecule has 0 bridgehead atoms. The Bertz CT molecular complexity index is 1210. The molecule has 158 valence electrons. The number of aromatic nitrogens is 2. The van der Waals surface area contributed by atoms with Crippen LogP contribution in [0.15, 0.2) is 58.4 Å². The summed E-state index contributed by atoms with van der Waals surface area (Å²) in [7, 11) is 4.20. The summed E-state index contributed by atoms with van der Waals surface area (Å²) in [5, 5.41) is 7.99. The van der Waals surface area contributed by atoms with E-state index in [-0.39, 0.29) is 5.91 Å². The van der Waals surface area contributed by atoms with Gasteiger partial charge in [-0.15, -0.1) is 11.3 Å². The van der Waals surface area contributed by atoms with Crippen molar-refractivity contribution in [1.29, 1.82) is 0 Å². The van der Waals surface area contributed by atoms with Crippen molar-refractivity contribution in [3.05, 3.63) is 59.5 Å². The molecule has 6 nitrogen and oxygen atoms in total. The molecule has 0 unspecified atom stereocenters. The van der Waals surface area contributed by atoms with Gasteiger partial charge in [0.15, 0.2) is 5.58 Å². The van der Waals surface area contributed by atoms with Crippen LogP contribution in [0.1, 0.15) is 23.2 Å². The Kier molecular flexibility index (Phi) is 5.29. The van der Waals surface area contributed by atoms with Gasteiger partial charge in [-0.25, -0.2) is 4.98 Å². The van der Waals surface area contributed by atoms with E-state index < -0.39 is 0 Å². The standard InChI is InChI=1S/C24H24N4O2S/c1-27(2)18-10-12-28(13-11-18)24(29)17-8-9-21-19(14-17)22(26-30-21)20-15-31-23(25-20)16-6-4-3-5-7-16/h3-9,14-15,18H,10-13H2,1-2H3. The molecule has 31 heavy (non-hydrogen) atoms. The van der Waals surface area contributed by atoms with E-state index in [4.69, 9.17) is 9.51 Å². The monoisotopic (exact) mass is 432 g/mol. The lowest BCUT2D eigenvalue weighted by Crippen LogP contribution is -2.44. The molecule has 1 amide bonds. The van der Waals surface area contributed by atoms with Crippen LogP contribution in [-0.2, 0) is 0 Å². The first-order chi connectivity index (χ1) is 15.1. The Hall–Kier alpha value is -3.03.